The van der Waals surface area contributed by atoms with Gasteiger partial charge >= 0.3 is 0 Å². The van der Waals surface area contributed by atoms with Crippen LogP contribution in [0.1, 0.15) is 38.6 Å². The van der Waals surface area contributed by atoms with Crippen molar-refractivity contribution < 1.29 is 4.21 Å². The predicted octanol–water partition coefficient (Wildman–Crippen LogP) is 2.47. The number of nitrogens with zero attached hydrogens (tertiary/aromatic N) is 2. The van der Waals surface area contributed by atoms with Gasteiger partial charge in [0.25, 0.3) is 0 Å². The molecule has 0 radical (unpaired) electrons. The summed E-state index contributed by atoms with van der Waals surface area (Å²) in [6.07, 6.45) is 3.63. The number of hydrogen-bond acceptors (Lipinski definition) is 3. The van der Waals surface area contributed by atoms with E-state index in [4.69, 9.17) is 0 Å². The highest BCUT2D eigenvalue weighted by atomic mass is 79.9. The Morgan fingerprint density at radius 1 is 1.47 bits per heavy atom. The lowest BCUT2D eigenvalue weighted by atomic mass is 10.3. The Kier molecular flexibility index (Phi) is 7.25. The quantitative estimate of drug-likeness (QED) is 0.733. The summed E-state index contributed by atoms with van der Waals surface area (Å²) in [4.78, 5) is 0. The van der Waals surface area contributed by atoms with Crippen LogP contribution in [-0.2, 0) is 30.3 Å². The van der Waals surface area contributed by atoms with Crippen LogP contribution in [0.25, 0.3) is 0 Å². The number of aryl methyl sites for hydroxylation is 2. The van der Waals surface area contributed by atoms with E-state index in [9.17, 15) is 4.21 Å². The highest BCUT2D eigenvalue weighted by Gasteiger charge is 2.13. The Morgan fingerprint density at radius 2 is 2.16 bits per heavy atom. The van der Waals surface area contributed by atoms with Crippen molar-refractivity contribution in [2.24, 2.45) is 0 Å². The third-order valence-corrected chi connectivity index (χ3v) is 5.57. The van der Waals surface area contributed by atoms with Crippen molar-refractivity contribution in [3.8, 4) is 0 Å². The van der Waals surface area contributed by atoms with Gasteiger partial charge in [0.05, 0.1) is 15.9 Å². The number of hydrogen-bond donors (Lipinski definition) is 1. The van der Waals surface area contributed by atoms with E-state index in [1.54, 1.807) is 6.26 Å². The lowest BCUT2D eigenvalue weighted by Crippen LogP contribution is -2.22. The molecule has 0 spiro atoms. The average Bonchev–Trinajstić information content (AvgIpc) is 2.70. The van der Waals surface area contributed by atoms with Crippen molar-refractivity contribution in [1.29, 1.82) is 0 Å². The van der Waals surface area contributed by atoms with E-state index < -0.39 is 10.8 Å². The summed E-state index contributed by atoms with van der Waals surface area (Å²) in [7, 11) is -0.733. The zero-order valence-corrected chi connectivity index (χ0v) is 14.6. The van der Waals surface area contributed by atoms with Crippen LogP contribution in [0.15, 0.2) is 4.47 Å². The van der Waals surface area contributed by atoms with Gasteiger partial charge in [0, 0.05) is 35.4 Å². The summed E-state index contributed by atoms with van der Waals surface area (Å²) in [6, 6.07) is 0. The van der Waals surface area contributed by atoms with Crippen LogP contribution in [0.3, 0.4) is 0 Å². The van der Waals surface area contributed by atoms with Crippen molar-refractivity contribution in [3.63, 3.8) is 0 Å². The van der Waals surface area contributed by atoms with Gasteiger partial charge in [0.1, 0.15) is 0 Å². The molecule has 6 heteroatoms. The van der Waals surface area contributed by atoms with Crippen molar-refractivity contribution in [2.75, 3.05) is 12.8 Å². The maximum atomic E-state index is 11.3. The number of nitrogens with one attached hydrogen (secondary N) is 1. The van der Waals surface area contributed by atoms with E-state index in [1.165, 1.54) is 5.69 Å². The maximum absolute atomic E-state index is 11.3. The Labute approximate surface area is 126 Å². The third-order valence-electron chi connectivity index (χ3n) is 3.28. The molecule has 4 nitrogen and oxygen atoms in total. The molecule has 0 saturated carbocycles. The SMILES string of the molecule is CCc1nn(CC)c(CNCCC(C)S(C)=O)c1Br. The van der Waals surface area contributed by atoms with Crippen molar-refractivity contribution >= 4 is 26.7 Å². The van der Waals surface area contributed by atoms with Gasteiger partial charge in [-0.25, -0.2) is 0 Å². The second-order valence-corrected chi connectivity index (χ2v) is 7.25. The fourth-order valence-corrected chi connectivity index (χ4v) is 3.02. The fourth-order valence-electron chi connectivity index (χ4n) is 1.86. The number of rotatable bonds is 8. The van der Waals surface area contributed by atoms with Crippen molar-refractivity contribution in [3.05, 3.63) is 15.9 Å². The van der Waals surface area contributed by atoms with E-state index in [0.717, 1.165) is 42.6 Å². The van der Waals surface area contributed by atoms with E-state index in [-0.39, 0.29) is 5.25 Å². The third kappa shape index (κ3) is 4.68. The standard InChI is InChI=1S/C13H24BrN3OS/c1-5-11-13(14)12(17(6-2)16-11)9-15-8-7-10(3)19(4)18/h10,15H,5-9H2,1-4H3. The van der Waals surface area contributed by atoms with Gasteiger partial charge in [-0.05, 0) is 42.2 Å². The van der Waals surface area contributed by atoms with Crippen LogP contribution in [0.2, 0.25) is 0 Å². The first-order valence-electron chi connectivity index (χ1n) is 6.78. The summed E-state index contributed by atoms with van der Waals surface area (Å²) in [6.45, 7) is 8.80. The summed E-state index contributed by atoms with van der Waals surface area (Å²) in [5, 5.41) is 8.23. The molecular formula is C13H24BrN3OS. The molecule has 0 aliphatic heterocycles. The van der Waals surface area contributed by atoms with Crippen LogP contribution in [-0.4, -0.2) is 32.0 Å². The normalized spacial score (nSPS) is 14.6. The minimum atomic E-state index is -0.733. The molecule has 1 N–H and O–H groups in total. The van der Waals surface area contributed by atoms with Gasteiger partial charge < -0.3 is 5.32 Å². The first kappa shape index (κ1) is 16.9. The zero-order valence-electron chi connectivity index (χ0n) is 12.2. The first-order valence-corrected chi connectivity index (χ1v) is 9.19. The highest BCUT2D eigenvalue weighted by Crippen LogP contribution is 2.22. The lowest BCUT2D eigenvalue weighted by molar-refractivity contribution is 0.566. The Balaban J connectivity index is 2.53. The monoisotopic (exact) mass is 349 g/mol. The van der Waals surface area contributed by atoms with Gasteiger partial charge in [0.15, 0.2) is 0 Å². The molecular weight excluding hydrogens is 326 g/mol. The van der Waals surface area contributed by atoms with Crippen LogP contribution >= 0.6 is 15.9 Å². The molecule has 0 aliphatic carbocycles. The molecule has 1 heterocycles. The van der Waals surface area contributed by atoms with Crippen LogP contribution in [0, 0.1) is 0 Å². The molecule has 2 atom stereocenters. The summed E-state index contributed by atoms with van der Waals surface area (Å²) < 4.78 is 14.4. The van der Waals surface area contributed by atoms with Gasteiger partial charge in [-0.15, -0.1) is 0 Å². The summed E-state index contributed by atoms with van der Waals surface area (Å²) >= 11 is 3.64. The van der Waals surface area contributed by atoms with Gasteiger partial charge in [-0.3, -0.25) is 8.89 Å². The van der Waals surface area contributed by atoms with E-state index >= 15 is 0 Å². The molecule has 1 aromatic heterocycles. The molecule has 1 aromatic rings. The van der Waals surface area contributed by atoms with E-state index in [2.05, 4.69) is 40.2 Å². The zero-order chi connectivity index (χ0) is 14.4. The molecule has 2 unspecified atom stereocenters. The first-order chi connectivity index (χ1) is 9.01. The molecule has 0 aliphatic rings. The van der Waals surface area contributed by atoms with Crippen LogP contribution < -0.4 is 5.32 Å². The minimum absolute atomic E-state index is 0.248. The molecule has 0 aromatic carbocycles. The van der Waals surface area contributed by atoms with Crippen LogP contribution in [0.4, 0.5) is 0 Å². The fraction of sp³-hybridized carbons (Fsp3) is 0.769. The van der Waals surface area contributed by atoms with Crippen LogP contribution in [0.5, 0.6) is 0 Å². The molecule has 0 bridgehead atoms. The Morgan fingerprint density at radius 3 is 2.68 bits per heavy atom. The molecule has 110 valence electrons. The topological polar surface area (TPSA) is 46.9 Å². The van der Waals surface area contributed by atoms with E-state index in [0.29, 0.717) is 0 Å². The number of halogens is 1. The molecule has 0 fully saturated rings. The minimum Gasteiger partial charge on any atom is -0.311 e. The van der Waals surface area contributed by atoms with Crippen molar-refractivity contribution in [1.82, 2.24) is 15.1 Å². The second kappa shape index (κ2) is 8.17. The van der Waals surface area contributed by atoms with Gasteiger partial charge in [0.2, 0.25) is 0 Å². The smallest absolute Gasteiger partial charge is 0.0767 e. The largest absolute Gasteiger partial charge is 0.311 e. The molecule has 1 rings (SSSR count). The van der Waals surface area contributed by atoms with Gasteiger partial charge in [-0.2, -0.15) is 5.10 Å². The van der Waals surface area contributed by atoms with Crippen molar-refractivity contribution in [2.45, 2.75) is 52.0 Å². The molecule has 0 amide bonds. The summed E-state index contributed by atoms with van der Waals surface area (Å²) in [5.41, 5.74) is 2.31. The number of aromatic nitrogens is 2. The molecule has 19 heavy (non-hydrogen) atoms. The lowest BCUT2D eigenvalue weighted by Gasteiger charge is -2.10. The predicted molar refractivity (Wildman–Crippen MR) is 84.8 cm³/mol. The molecule has 0 saturated heterocycles. The highest BCUT2D eigenvalue weighted by molar-refractivity contribution is 9.10. The van der Waals surface area contributed by atoms with Gasteiger partial charge in [-0.1, -0.05) is 13.8 Å². The second-order valence-electron chi connectivity index (χ2n) is 4.65. The maximum Gasteiger partial charge on any atom is 0.0767 e. The van der Waals surface area contributed by atoms with E-state index in [1.807, 2.05) is 11.6 Å². The summed E-state index contributed by atoms with van der Waals surface area (Å²) in [5.74, 6) is 0. The Bertz CT molecular complexity index is 434. The average molecular weight is 350 g/mol. The Hall–Kier alpha value is -0.200.